The van der Waals surface area contributed by atoms with Crippen molar-refractivity contribution >= 4 is 93.4 Å². The minimum atomic E-state index is -5.45. The molecule has 0 bridgehead atoms. The number of hydrazone groups is 1. The molecule has 1 aliphatic rings. The van der Waals surface area contributed by atoms with Gasteiger partial charge in [0.15, 0.2) is 0 Å². The first-order chi connectivity index (χ1) is 28.6. The predicted molar refractivity (Wildman–Crippen MR) is 209 cm³/mol. The molecule has 0 saturated carbocycles. The molecule has 6 rings (SSSR count). The van der Waals surface area contributed by atoms with Crippen LogP contribution >= 0.6 is 0 Å². The Hall–Kier alpha value is -4.49. The first-order valence-corrected chi connectivity index (χ1v) is 20.8. The minimum Gasteiger partial charge on any atom is -0.871 e. The predicted octanol–water partition coefficient (Wildman–Crippen LogP) is -3.62. The van der Waals surface area contributed by atoms with Gasteiger partial charge in [0, 0.05) is 17.8 Å². The molecule has 0 fully saturated rings. The number of nitro benzene ring substituents is 1. The van der Waals surface area contributed by atoms with E-state index in [2.05, 4.69) is 36.3 Å². The van der Waals surface area contributed by atoms with E-state index in [0.717, 1.165) is 18.2 Å². The van der Waals surface area contributed by atoms with Gasteiger partial charge in [0.1, 0.15) is 26.5 Å². The molecule has 5 aromatic rings. The number of allylic oxidation sites excluding steroid dienone is 1. The van der Waals surface area contributed by atoms with Crippen molar-refractivity contribution in [2.75, 3.05) is 17.9 Å². The van der Waals surface area contributed by atoms with Gasteiger partial charge in [-0.1, -0.05) is 17.6 Å². The Bertz CT molecular complexity index is 3120. The zero-order valence-electron chi connectivity index (χ0n) is 33.3. The molecule has 0 heterocycles. The van der Waals surface area contributed by atoms with E-state index in [9.17, 15) is 64.0 Å². The summed E-state index contributed by atoms with van der Waals surface area (Å²) in [5.74, 6) is -2.76. The molecule has 0 radical (unpaired) electrons. The monoisotopic (exact) mass is 960 g/mol. The summed E-state index contributed by atoms with van der Waals surface area (Å²) in [6, 6.07) is 16.9. The first-order valence-electron chi connectivity index (χ1n) is 16.5. The zero-order chi connectivity index (χ0) is 44.4. The molecule has 314 valence electrons. The van der Waals surface area contributed by atoms with E-state index in [1.807, 2.05) is 0 Å². The van der Waals surface area contributed by atoms with Gasteiger partial charge in [0.2, 0.25) is 5.78 Å². The molecular formula is C35H23N8Na3O15S3. The second-order valence-corrected chi connectivity index (χ2v) is 16.4. The van der Waals surface area contributed by atoms with Gasteiger partial charge in [-0.25, -0.2) is 8.42 Å². The number of fused-ring (bicyclic) bond motifs is 1. The number of Topliss-reactive ketones (excluding diaryl/α,β-unsaturated/α-hetero) is 1. The third kappa shape index (κ3) is 12.9. The molecule has 29 heteroatoms. The van der Waals surface area contributed by atoms with E-state index in [0.29, 0.717) is 36.1 Å². The Balaban J connectivity index is 0.00000363. The minimum absolute atomic E-state index is 0. The maximum absolute atomic E-state index is 13.8. The number of rotatable bonds is 13. The van der Waals surface area contributed by atoms with Gasteiger partial charge in [0.05, 0.1) is 61.5 Å². The van der Waals surface area contributed by atoms with Crippen LogP contribution in [0.3, 0.4) is 0 Å². The first kappa shape index (κ1) is 53.8. The van der Waals surface area contributed by atoms with Gasteiger partial charge < -0.3 is 24.8 Å². The fourth-order valence-corrected chi connectivity index (χ4v) is 7.21. The van der Waals surface area contributed by atoms with Crippen LogP contribution in [0.25, 0.3) is 6.08 Å². The fraction of sp³-hybridized carbons (Fsp3) is 0.0286. The summed E-state index contributed by atoms with van der Waals surface area (Å²) in [5, 5.41) is 58.4. The molecule has 0 spiro atoms. The summed E-state index contributed by atoms with van der Waals surface area (Å²) in [6.45, 7) is 0. The van der Waals surface area contributed by atoms with Crippen LogP contribution in [-0.4, -0.2) is 62.4 Å². The van der Waals surface area contributed by atoms with Gasteiger partial charge in [-0.2, -0.15) is 37.3 Å². The molecule has 5 aromatic carbocycles. The van der Waals surface area contributed by atoms with Crippen molar-refractivity contribution in [1.29, 1.82) is 0 Å². The Morgan fingerprint density at radius 3 is 1.83 bits per heavy atom. The molecule has 4 N–H and O–H groups in total. The number of nitrogens with zero attached hydrogens (tertiary/aromatic N) is 6. The zero-order valence-corrected chi connectivity index (χ0v) is 41.8. The number of hydrogen-bond donors (Lipinski definition) is 4. The maximum atomic E-state index is 13.8. The van der Waals surface area contributed by atoms with Crippen LogP contribution in [0.1, 0.15) is 15.9 Å². The summed E-state index contributed by atoms with van der Waals surface area (Å²) in [7, 11) is -14.0. The Morgan fingerprint density at radius 2 is 1.28 bits per heavy atom. The van der Waals surface area contributed by atoms with Crippen molar-refractivity contribution in [3.05, 3.63) is 117 Å². The number of ether oxygens (including phenoxy) is 1. The average molecular weight is 961 g/mol. The molecule has 0 saturated heterocycles. The number of carbonyl (C=O) groups is 1. The van der Waals surface area contributed by atoms with Gasteiger partial charge in [-0.3, -0.25) is 29.4 Å². The van der Waals surface area contributed by atoms with Gasteiger partial charge in [0.25, 0.3) is 25.9 Å². The Kier molecular flexibility index (Phi) is 18.2. The molecule has 23 nitrogen and oxygen atoms in total. The van der Waals surface area contributed by atoms with Crippen molar-refractivity contribution in [2.24, 2.45) is 25.6 Å². The maximum Gasteiger partial charge on any atom is 1.00 e. The average Bonchev–Trinajstić information content (AvgIpc) is 3.19. The number of anilines is 3. The number of nitro groups is 1. The molecular weight excluding hydrogens is 938 g/mol. The topological polar surface area (TPSA) is 367 Å². The molecule has 0 aliphatic heterocycles. The van der Waals surface area contributed by atoms with Gasteiger partial charge in [-0.15, -0.1) is 5.11 Å². The second kappa shape index (κ2) is 21.7. The summed E-state index contributed by atoms with van der Waals surface area (Å²) < 4.78 is 109. The molecule has 0 atom stereocenters. The normalized spacial score (nSPS) is 13.3. The Labute approximate surface area is 428 Å². The number of benzene rings is 5. The van der Waals surface area contributed by atoms with Crippen LogP contribution in [-0.2, 0) is 30.4 Å². The van der Waals surface area contributed by atoms with Crippen LogP contribution in [0.4, 0.5) is 45.5 Å². The Morgan fingerprint density at radius 1 is 0.703 bits per heavy atom. The summed E-state index contributed by atoms with van der Waals surface area (Å²) in [5.41, 5.74) is -1.47. The standard InChI is InChI=1S/C35H26N8O15S3.3Na/c1-58-23-9-6-21(7-10-23)38-42-34-32(61(55,56)57)13-18-12-24(59(49,50)51)15-28(33(18)35(34)46)41-40-27-16-26(29(44)17-30(27)45)39-37-20-4-2-19(3-5-20)36-25-11-8-22(43(47)48)14-31(25)60(52,53)54;;;/h2-17,36,38,44-45H,1H3,(H,49,50,51)(H,52,53,54)(H,55,56,57);;;/q;3*+1/p-3. The number of carbonyl (C=O) groups excluding carboxylic acids is 1. The van der Waals surface area contributed by atoms with Crippen LogP contribution in [0.5, 0.6) is 17.2 Å². The van der Waals surface area contributed by atoms with E-state index in [4.69, 9.17) is 4.74 Å². The van der Waals surface area contributed by atoms with Crippen LogP contribution < -0.4 is 114 Å². The third-order valence-corrected chi connectivity index (χ3v) is 10.8. The van der Waals surface area contributed by atoms with Crippen molar-refractivity contribution in [2.45, 2.75) is 9.79 Å². The van der Waals surface area contributed by atoms with Crippen molar-refractivity contribution in [3.63, 3.8) is 0 Å². The summed E-state index contributed by atoms with van der Waals surface area (Å²) in [4.78, 5) is 21.2. The largest absolute Gasteiger partial charge is 1.00 e. The van der Waals surface area contributed by atoms with Gasteiger partial charge >= 0.3 is 88.7 Å². The van der Waals surface area contributed by atoms with Crippen LogP contribution in [0.15, 0.2) is 131 Å². The number of azo groups is 2. The van der Waals surface area contributed by atoms with Gasteiger partial charge in [-0.05, 0) is 84.4 Å². The number of methoxy groups -OCH3 is 1. The summed E-state index contributed by atoms with van der Waals surface area (Å²) in [6.07, 6.45) is 0.639. The molecule has 0 amide bonds. The van der Waals surface area contributed by atoms with E-state index >= 15 is 0 Å². The van der Waals surface area contributed by atoms with Crippen LogP contribution in [0.2, 0.25) is 0 Å². The molecule has 0 aromatic heterocycles. The van der Waals surface area contributed by atoms with E-state index in [1.54, 1.807) is 0 Å². The molecule has 64 heavy (non-hydrogen) atoms. The SMILES string of the molecule is COc1ccc(NN=C2C(=O)c3c(cc(S(=O)(=O)O)cc3N=Nc3cc(N=Nc4ccc(Nc5ccc([N+](=O)[O-])cc5S(=O)(=O)O)cc4)c([O-])cc3[O-])C=C2S(=O)(=O)[O-])cc1.[Na+].[Na+].[Na+]. The summed E-state index contributed by atoms with van der Waals surface area (Å²) >= 11 is 0. The smallest absolute Gasteiger partial charge is 0.871 e. The molecule has 0 unspecified atom stereocenters. The fourth-order valence-electron chi connectivity index (χ4n) is 5.36. The van der Waals surface area contributed by atoms with E-state index in [1.165, 1.54) is 55.6 Å². The van der Waals surface area contributed by atoms with Crippen molar-refractivity contribution < 1.29 is 152 Å². The van der Waals surface area contributed by atoms with Crippen molar-refractivity contribution in [3.8, 4) is 17.2 Å². The van der Waals surface area contributed by atoms with E-state index < -0.39 is 107 Å². The van der Waals surface area contributed by atoms with Crippen molar-refractivity contribution in [1.82, 2.24) is 0 Å². The number of nitrogens with one attached hydrogen (secondary N) is 2. The van der Waals surface area contributed by atoms with E-state index in [-0.39, 0.29) is 111 Å². The van der Waals surface area contributed by atoms with Crippen LogP contribution in [0, 0.1) is 10.1 Å². The number of ketones is 1. The number of hydrogen-bond acceptors (Lipinski definition) is 20. The number of non-ortho nitro benzene ring substituents is 1. The third-order valence-electron chi connectivity index (χ3n) is 8.22. The molecule has 1 aliphatic carbocycles. The quantitative estimate of drug-likeness (QED) is 0.0291. The second-order valence-electron chi connectivity index (χ2n) is 12.2.